The minimum absolute atomic E-state index is 0.222. The summed E-state index contributed by atoms with van der Waals surface area (Å²) in [7, 11) is -2.46. The molecular weight excluding hydrogens is 283 g/mol. The fourth-order valence-corrected chi connectivity index (χ4v) is 3.74. The number of rotatable bonds is 6. The van der Waals surface area contributed by atoms with Crippen LogP contribution in [-0.2, 0) is 14.8 Å². The first-order valence-electron chi connectivity index (χ1n) is 6.32. The number of hydrogen-bond acceptors (Lipinski definition) is 4. The van der Waals surface area contributed by atoms with E-state index < -0.39 is 26.8 Å². The zero-order chi connectivity index (χ0) is 15.5. The Morgan fingerprint density at radius 3 is 2.55 bits per heavy atom. The van der Waals surface area contributed by atoms with Crippen LogP contribution in [-0.4, -0.2) is 39.0 Å². The lowest BCUT2D eigenvalue weighted by atomic mass is 10.2. The van der Waals surface area contributed by atoms with Gasteiger partial charge in [-0.1, -0.05) is 6.92 Å². The van der Waals surface area contributed by atoms with Gasteiger partial charge in [0, 0.05) is 25.4 Å². The van der Waals surface area contributed by atoms with Crippen molar-refractivity contribution < 1.29 is 17.5 Å². The molecule has 0 saturated carbocycles. The molecule has 0 aliphatic carbocycles. The summed E-state index contributed by atoms with van der Waals surface area (Å²) in [6, 6.07) is 1.91. The van der Waals surface area contributed by atoms with Gasteiger partial charge in [0.25, 0.3) is 0 Å². The Morgan fingerprint density at radius 2 is 2.05 bits per heavy atom. The van der Waals surface area contributed by atoms with Crippen molar-refractivity contribution in [2.75, 3.05) is 26.0 Å². The summed E-state index contributed by atoms with van der Waals surface area (Å²) in [6.07, 6.45) is 0. The Hall–Kier alpha value is -1.18. The van der Waals surface area contributed by atoms with Crippen molar-refractivity contribution in [3.8, 4) is 0 Å². The molecule has 1 aromatic rings. The molecule has 0 fully saturated rings. The van der Waals surface area contributed by atoms with E-state index in [0.717, 1.165) is 6.07 Å². The SMILES string of the molecule is CCN(C(C)COC)S(=O)(=O)c1cc(N)c(C)cc1F. The minimum Gasteiger partial charge on any atom is -0.398 e. The molecule has 2 N–H and O–H groups in total. The number of methoxy groups -OCH3 is 1. The van der Waals surface area contributed by atoms with Crippen molar-refractivity contribution in [2.24, 2.45) is 0 Å². The number of likely N-dealkylation sites (N-methyl/N-ethyl adjacent to an activating group) is 1. The fourth-order valence-electron chi connectivity index (χ4n) is 2.04. The van der Waals surface area contributed by atoms with Crippen LogP contribution < -0.4 is 5.73 Å². The third-order valence-electron chi connectivity index (χ3n) is 3.12. The number of hydrogen-bond donors (Lipinski definition) is 1. The molecule has 0 heterocycles. The average molecular weight is 304 g/mol. The van der Waals surface area contributed by atoms with Gasteiger partial charge in [0.2, 0.25) is 10.0 Å². The van der Waals surface area contributed by atoms with Crippen LogP contribution in [0.15, 0.2) is 17.0 Å². The summed E-state index contributed by atoms with van der Waals surface area (Å²) in [5.74, 6) is -0.792. The molecule has 0 bridgehead atoms. The number of nitrogens with two attached hydrogens (primary N) is 1. The van der Waals surface area contributed by atoms with E-state index in [-0.39, 0.29) is 18.8 Å². The van der Waals surface area contributed by atoms with Crippen molar-refractivity contribution >= 4 is 15.7 Å². The Kier molecular flexibility index (Phi) is 5.50. The van der Waals surface area contributed by atoms with E-state index in [4.69, 9.17) is 10.5 Å². The monoisotopic (exact) mass is 304 g/mol. The van der Waals surface area contributed by atoms with Crippen molar-refractivity contribution in [1.29, 1.82) is 0 Å². The van der Waals surface area contributed by atoms with Gasteiger partial charge in [-0.05, 0) is 31.5 Å². The topological polar surface area (TPSA) is 72.6 Å². The van der Waals surface area contributed by atoms with E-state index in [2.05, 4.69) is 0 Å². The maximum Gasteiger partial charge on any atom is 0.246 e. The zero-order valence-electron chi connectivity index (χ0n) is 12.2. The molecular formula is C13H21FN2O3S. The normalized spacial score (nSPS) is 13.7. The van der Waals surface area contributed by atoms with Crippen LogP contribution in [0.5, 0.6) is 0 Å². The van der Waals surface area contributed by atoms with Gasteiger partial charge in [0.05, 0.1) is 6.61 Å². The van der Waals surface area contributed by atoms with E-state index in [1.807, 2.05) is 0 Å². The first kappa shape index (κ1) is 16.9. The molecule has 1 aromatic carbocycles. The Bertz CT molecular complexity index is 575. The maximum absolute atomic E-state index is 14.0. The molecule has 0 saturated heterocycles. The molecule has 114 valence electrons. The molecule has 7 heteroatoms. The second kappa shape index (κ2) is 6.51. The predicted octanol–water partition coefficient (Wildman–Crippen LogP) is 1.76. The Morgan fingerprint density at radius 1 is 1.45 bits per heavy atom. The molecule has 1 rings (SSSR count). The van der Waals surface area contributed by atoms with Crippen molar-refractivity contribution in [3.63, 3.8) is 0 Å². The van der Waals surface area contributed by atoms with E-state index in [1.54, 1.807) is 20.8 Å². The number of halogens is 1. The Balaban J connectivity index is 3.31. The number of nitrogen functional groups attached to an aromatic ring is 1. The zero-order valence-corrected chi connectivity index (χ0v) is 13.0. The van der Waals surface area contributed by atoms with Gasteiger partial charge < -0.3 is 10.5 Å². The standard InChI is InChI=1S/C13H21FN2O3S/c1-5-16(10(3)8-19-4)20(17,18)13-7-12(15)9(2)6-11(13)14/h6-7,10H,5,8,15H2,1-4H3. The number of ether oxygens (including phenoxy) is 1. The van der Waals surface area contributed by atoms with Gasteiger partial charge in [0.15, 0.2) is 0 Å². The number of anilines is 1. The molecule has 1 atom stereocenters. The summed E-state index contributed by atoms with van der Waals surface area (Å²) < 4.78 is 45.2. The lowest BCUT2D eigenvalue weighted by molar-refractivity contribution is 0.142. The third kappa shape index (κ3) is 3.28. The highest BCUT2D eigenvalue weighted by Crippen LogP contribution is 2.25. The second-order valence-electron chi connectivity index (χ2n) is 4.65. The van der Waals surface area contributed by atoms with E-state index in [9.17, 15) is 12.8 Å². The van der Waals surface area contributed by atoms with Gasteiger partial charge in [-0.15, -0.1) is 0 Å². The van der Waals surface area contributed by atoms with Crippen molar-refractivity contribution in [1.82, 2.24) is 4.31 Å². The molecule has 0 spiro atoms. The lowest BCUT2D eigenvalue weighted by Crippen LogP contribution is -2.41. The lowest BCUT2D eigenvalue weighted by Gasteiger charge is -2.27. The van der Waals surface area contributed by atoms with E-state index in [1.165, 1.54) is 17.5 Å². The largest absolute Gasteiger partial charge is 0.398 e. The smallest absolute Gasteiger partial charge is 0.246 e. The maximum atomic E-state index is 14.0. The molecule has 5 nitrogen and oxygen atoms in total. The first-order valence-corrected chi connectivity index (χ1v) is 7.76. The van der Waals surface area contributed by atoms with Crippen LogP contribution in [0.25, 0.3) is 0 Å². The summed E-state index contributed by atoms with van der Waals surface area (Å²) in [4.78, 5) is -0.398. The van der Waals surface area contributed by atoms with E-state index in [0.29, 0.717) is 5.56 Å². The average Bonchev–Trinajstić information content (AvgIpc) is 2.34. The summed E-state index contributed by atoms with van der Waals surface area (Å²) >= 11 is 0. The summed E-state index contributed by atoms with van der Waals surface area (Å²) in [5.41, 5.74) is 6.45. The number of benzene rings is 1. The first-order chi connectivity index (χ1) is 9.25. The molecule has 20 heavy (non-hydrogen) atoms. The van der Waals surface area contributed by atoms with Crippen molar-refractivity contribution in [3.05, 3.63) is 23.5 Å². The molecule has 1 unspecified atom stereocenters. The van der Waals surface area contributed by atoms with Gasteiger partial charge in [-0.2, -0.15) is 4.31 Å². The van der Waals surface area contributed by atoms with Crippen molar-refractivity contribution in [2.45, 2.75) is 31.7 Å². The Labute approximate surface area is 119 Å². The van der Waals surface area contributed by atoms with Crippen LogP contribution in [0.4, 0.5) is 10.1 Å². The van der Waals surface area contributed by atoms with Gasteiger partial charge in [0.1, 0.15) is 10.7 Å². The number of aryl methyl sites for hydroxylation is 1. The third-order valence-corrected chi connectivity index (χ3v) is 5.22. The number of nitrogens with zero attached hydrogens (tertiary/aromatic N) is 1. The quantitative estimate of drug-likeness (QED) is 0.813. The fraction of sp³-hybridized carbons (Fsp3) is 0.538. The summed E-state index contributed by atoms with van der Waals surface area (Å²) in [6.45, 7) is 5.48. The molecule has 0 aliphatic heterocycles. The van der Waals surface area contributed by atoms with E-state index >= 15 is 0 Å². The summed E-state index contributed by atoms with van der Waals surface area (Å²) in [5, 5.41) is 0. The molecule has 0 radical (unpaired) electrons. The highest BCUT2D eigenvalue weighted by molar-refractivity contribution is 7.89. The number of sulfonamides is 1. The second-order valence-corrected chi connectivity index (χ2v) is 6.51. The minimum atomic E-state index is -3.94. The van der Waals surface area contributed by atoms with Gasteiger partial charge in [-0.3, -0.25) is 0 Å². The molecule has 0 amide bonds. The van der Waals surface area contributed by atoms with Gasteiger partial charge >= 0.3 is 0 Å². The highest BCUT2D eigenvalue weighted by Gasteiger charge is 2.30. The molecule has 0 aromatic heterocycles. The predicted molar refractivity (Wildman–Crippen MR) is 76.5 cm³/mol. The van der Waals surface area contributed by atoms with Crippen LogP contribution in [0, 0.1) is 12.7 Å². The van der Waals surface area contributed by atoms with Gasteiger partial charge in [-0.25, -0.2) is 12.8 Å². The van der Waals surface area contributed by atoms with Crippen LogP contribution in [0.1, 0.15) is 19.4 Å². The van der Waals surface area contributed by atoms with Crippen LogP contribution in [0.3, 0.4) is 0 Å². The highest BCUT2D eigenvalue weighted by atomic mass is 32.2. The van der Waals surface area contributed by atoms with Crippen LogP contribution in [0.2, 0.25) is 0 Å². The molecule has 0 aliphatic rings. The van der Waals surface area contributed by atoms with Crippen LogP contribution >= 0.6 is 0 Å².